The summed E-state index contributed by atoms with van der Waals surface area (Å²) in [6.45, 7) is 9.96. The van der Waals surface area contributed by atoms with Crippen molar-refractivity contribution in [2.45, 2.75) is 34.6 Å². The average molecular weight is 542 g/mol. The van der Waals surface area contributed by atoms with Crippen LogP contribution in [0.25, 0.3) is 0 Å². The molecule has 5 aromatic carbocycles. The third kappa shape index (κ3) is 6.34. The van der Waals surface area contributed by atoms with E-state index in [-0.39, 0.29) is 17.1 Å². The van der Waals surface area contributed by atoms with Crippen molar-refractivity contribution in [2.75, 3.05) is 0 Å². The first-order valence-corrected chi connectivity index (χ1v) is 13.4. The molecule has 5 aromatic rings. The maximum absolute atomic E-state index is 10.5. The van der Waals surface area contributed by atoms with Gasteiger partial charge in [-0.1, -0.05) is 65.7 Å². The van der Waals surface area contributed by atoms with Gasteiger partial charge in [-0.2, -0.15) is 5.26 Å². The molecule has 0 atom stereocenters. The van der Waals surface area contributed by atoms with Crippen LogP contribution in [0, 0.1) is 45.9 Å². The third-order valence-corrected chi connectivity index (χ3v) is 6.59. The maximum Gasteiger partial charge on any atom is 0.214 e. The predicted octanol–water partition coefficient (Wildman–Crippen LogP) is 10.3. The molecule has 0 aliphatic carbocycles. The molecule has 0 saturated heterocycles. The third-order valence-electron chi connectivity index (χ3n) is 6.59. The van der Waals surface area contributed by atoms with Crippen LogP contribution in [0.3, 0.4) is 0 Å². The summed E-state index contributed by atoms with van der Waals surface area (Å²) in [7, 11) is 0. The van der Waals surface area contributed by atoms with E-state index in [0.29, 0.717) is 34.5 Å². The molecule has 0 unspecified atom stereocenters. The molecule has 0 radical (unpaired) electrons. The Bertz CT molecular complexity index is 1750. The fourth-order valence-corrected chi connectivity index (χ4v) is 4.39. The molecule has 0 aliphatic heterocycles. The van der Waals surface area contributed by atoms with Gasteiger partial charge < -0.3 is 18.9 Å². The second-order valence-electron chi connectivity index (χ2n) is 10.1. The van der Waals surface area contributed by atoms with Crippen LogP contribution in [0.4, 0.5) is 0 Å². The fourth-order valence-electron chi connectivity index (χ4n) is 4.39. The van der Waals surface area contributed by atoms with Crippen LogP contribution in [-0.4, -0.2) is 0 Å². The molecule has 0 aliphatic rings. The summed E-state index contributed by atoms with van der Waals surface area (Å²) in [6, 6.07) is 32.9. The minimum atomic E-state index is 0.185. The molecule has 5 nitrogen and oxygen atoms in total. The van der Waals surface area contributed by atoms with E-state index < -0.39 is 0 Å². The van der Waals surface area contributed by atoms with Crippen LogP contribution in [-0.2, 0) is 0 Å². The van der Waals surface area contributed by atoms with Gasteiger partial charge in [0.05, 0.1) is 0 Å². The molecular weight excluding hydrogens is 510 g/mol. The number of hydrogen-bond donors (Lipinski definition) is 0. The van der Waals surface area contributed by atoms with Gasteiger partial charge in [0.25, 0.3) is 0 Å². The van der Waals surface area contributed by atoms with E-state index >= 15 is 0 Å². The normalized spacial score (nSPS) is 10.5. The van der Waals surface area contributed by atoms with Crippen molar-refractivity contribution in [2.24, 2.45) is 0 Å². The van der Waals surface area contributed by atoms with Crippen LogP contribution in [0.15, 0.2) is 97.1 Å². The van der Waals surface area contributed by atoms with Crippen LogP contribution < -0.4 is 18.9 Å². The highest BCUT2D eigenvalue weighted by Crippen LogP contribution is 2.51. The number of benzene rings is 5. The first-order chi connectivity index (χ1) is 19.8. The molecule has 0 N–H and O–H groups in total. The molecule has 0 spiro atoms. The lowest BCUT2D eigenvalue weighted by molar-refractivity contribution is 0.377. The van der Waals surface area contributed by atoms with Crippen molar-refractivity contribution in [3.05, 3.63) is 130 Å². The molecule has 0 saturated carbocycles. The predicted molar refractivity (Wildman–Crippen MR) is 161 cm³/mol. The lowest BCUT2D eigenvalue weighted by Crippen LogP contribution is -2.01. The number of aryl methyl sites for hydroxylation is 5. The van der Waals surface area contributed by atoms with Gasteiger partial charge in [0.15, 0.2) is 17.2 Å². The average Bonchev–Trinajstić information content (AvgIpc) is 2.94. The summed E-state index contributed by atoms with van der Waals surface area (Å²) >= 11 is 0. The van der Waals surface area contributed by atoms with Crippen molar-refractivity contribution < 1.29 is 18.9 Å². The molecule has 0 amide bonds. The van der Waals surface area contributed by atoms with Gasteiger partial charge in [-0.25, -0.2) is 0 Å². The van der Waals surface area contributed by atoms with Gasteiger partial charge in [0.2, 0.25) is 5.75 Å². The zero-order valence-electron chi connectivity index (χ0n) is 23.8. The topological polar surface area (TPSA) is 60.7 Å². The van der Waals surface area contributed by atoms with E-state index in [1.165, 1.54) is 0 Å². The van der Waals surface area contributed by atoms with Crippen molar-refractivity contribution in [3.8, 4) is 52.1 Å². The van der Waals surface area contributed by atoms with Gasteiger partial charge in [0.1, 0.15) is 34.6 Å². The first-order valence-electron chi connectivity index (χ1n) is 13.4. The molecule has 5 rings (SSSR count). The Balaban J connectivity index is 1.74. The minimum Gasteiger partial charge on any atom is -0.455 e. The monoisotopic (exact) mass is 541 g/mol. The molecule has 5 heteroatoms. The minimum absolute atomic E-state index is 0.185. The molecule has 0 fully saturated rings. The zero-order valence-corrected chi connectivity index (χ0v) is 23.8. The highest BCUT2D eigenvalue weighted by molar-refractivity contribution is 5.69. The summed E-state index contributed by atoms with van der Waals surface area (Å²) in [6.07, 6.45) is 0. The van der Waals surface area contributed by atoms with E-state index in [2.05, 4.69) is 6.07 Å². The lowest BCUT2D eigenvalue weighted by atomic mass is 10.1. The Morgan fingerprint density at radius 2 is 1.12 bits per heavy atom. The first kappa shape index (κ1) is 27.4. The van der Waals surface area contributed by atoms with Gasteiger partial charge in [-0.15, -0.1) is 0 Å². The second kappa shape index (κ2) is 11.9. The van der Waals surface area contributed by atoms with Gasteiger partial charge in [0, 0.05) is 6.07 Å². The van der Waals surface area contributed by atoms with Crippen LogP contribution in [0.1, 0.15) is 33.4 Å². The Labute approximate surface area is 241 Å². The lowest BCUT2D eigenvalue weighted by Gasteiger charge is -2.21. The highest BCUT2D eigenvalue weighted by atomic mass is 16.5. The number of hydrogen-bond acceptors (Lipinski definition) is 5. The SMILES string of the molecule is Cc1ccc(Oc2c(C#N)c(Oc3ccc(C)cc3C)cc(Oc3ccccc3C)c2Oc2cccc(C)c2)cc1. The molecule has 0 heterocycles. The zero-order chi connectivity index (χ0) is 28.9. The maximum atomic E-state index is 10.5. The Hall–Kier alpha value is -5.21. The molecule has 204 valence electrons. The number of para-hydroxylation sites is 1. The molecule has 41 heavy (non-hydrogen) atoms. The second-order valence-corrected chi connectivity index (χ2v) is 10.1. The fraction of sp³-hybridized carbons (Fsp3) is 0.139. The largest absolute Gasteiger partial charge is 0.455 e. The molecule has 0 aromatic heterocycles. The van der Waals surface area contributed by atoms with Crippen molar-refractivity contribution in [3.63, 3.8) is 0 Å². The quantitative estimate of drug-likeness (QED) is 0.196. The smallest absolute Gasteiger partial charge is 0.214 e. The van der Waals surface area contributed by atoms with Gasteiger partial charge in [-0.05, 0) is 87.7 Å². The van der Waals surface area contributed by atoms with E-state index in [4.69, 9.17) is 18.9 Å². The van der Waals surface area contributed by atoms with E-state index in [0.717, 1.165) is 27.8 Å². The Morgan fingerprint density at radius 1 is 0.463 bits per heavy atom. The van der Waals surface area contributed by atoms with Crippen molar-refractivity contribution in [1.29, 1.82) is 5.26 Å². The molecular formula is C36H31NO4. The van der Waals surface area contributed by atoms with Crippen LogP contribution in [0.5, 0.6) is 46.0 Å². The van der Waals surface area contributed by atoms with Crippen LogP contribution in [0.2, 0.25) is 0 Å². The van der Waals surface area contributed by atoms with Gasteiger partial charge >= 0.3 is 0 Å². The molecule has 0 bridgehead atoms. The standard InChI is InChI=1S/C36H31NO4/c1-23-13-16-28(17-14-23)38-35-30(22-37)33(40-32-18-15-25(3)19-27(32)5)21-34(41-31-12-7-6-10-26(31)4)36(35)39-29-11-8-9-24(2)20-29/h6-21H,1-5H3. The van der Waals surface area contributed by atoms with E-state index in [9.17, 15) is 5.26 Å². The summed E-state index contributed by atoms with van der Waals surface area (Å²) in [5.41, 5.74) is 5.30. The van der Waals surface area contributed by atoms with Crippen molar-refractivity contribution >= 4 is 0 Å². The van der Waals surface area contributed by atoms with E-state index in [1.807, 2.05) is 126 Å². The van der Waals surface area contributed by atoms with Gasteiger partial charge in [-0.3, -0.25) is 0 Å². The van der Waals surface area contributed by atoms with E-state index in [1.54, 1.807) is 6.07 Å². The summed E-state index contributed by atoms with van der Waals surface area (Å²) < 4.78 is 25.7. The summed E-state index contributed by atoms with van der Waals surface area (Å²) in [4.78, 5) is 0. The van der Waals surface area contributed by atoms with Crippen molar-refractivity contribution in [1.82, 2.24) is 0 Å². The summed E-state index contributed by atoms with van der Waals surface area (Å²) in [5, 5.41) is 10.5. The Morgan fingerprint density at radius 3 is 1.83 bits per heavy atom. The van der Waals surface area contributed by atoms with Crippen LogP contribution >= 0.6 is 0 Å². The number of ether oxygens (including phenoxy) is 4. The number of rotatable bonds is 8. The highest BCUT2D eigenvalue weighted by Gasteiger charge is 2.26. The number of nitriles is 1. The number of nitrogens with zero attached hydrogens (tertiary/aromatic N) is 1. The Kier molecular flexibility index (Phi) is 7.94. The summed E-state index contributed by atoms with van der Waals surface area (Å²) in [5.74, 6) is 3.51.